The van der Waals surface area contributed by atoms with Crippen LogP contribution >= 0.6 is 11.3 Å². The van der Waals surface area contributed by atoms with E-state index in [9.17, 15) is 0 Å². The topological polar surface area (TPSA) is 55.0 Å². The van der Waals surface area contributed by atoms with Crippen LogP contribution in [0.1, 0.15) is 37.4 Å². The lowest BCUT2D eigenvalue weighted by Crippen LogP contribution is -2.23. The number of nitrogens with two attached hydrogens (primary N) is 1. The van der Waals surface area contributed by atoms with E-state index in [1.165, 1.54) is 4.88 Å². The van der Waals surface area contributed by atoms with Crippen LogP contribution in [0, 0.1) is 0 Å². The van der Waals surface area contributed by atoms with Crippen LogP contribution in [0.15, 0.2) is 23.6 Å². The molecule has 0 saturated carbocycles. The van der Waals surface area contributed by atoms with Gasteiger partial charge in [0.05, 0.1) is 6.54 Å². The van der Waals surface area contributed by atoms with Gasteiger partial charge in [-0.1, -0.05) is 19.9 Å². The first-order valence-corrected chi connectivity index (χ1v) is 7.40. The third kappa shape index (κ3) is 3.44. The molecule has 0 amide bonds. The Morgan fingerprint density at radius 3 is 2.74 bits per heavy atom. The van der Waals surface area contributed by atoms with E-state index < -0.39 is 0 Å². The number of aromatic nitrogens is 2. The van der Waals surface area contributed by atoms with Crippen molar-refractivity contribution >= 4 is 23.0 Å². The molecule has 0 aliphatic rings. The lowest BCUT2D eigenvalue weighted by Gasteiger charge is -2.22. The van der Waals surface area contributed by atoms with E-state index in [1.54, 1.807) is 11.3 Å². The highest BCUT2D eigenvalue weighted by Gasteiger charge is 2.12. The lowest BCUT2D eigenvalue weighted by molar-refractivity contribution is 0.752. The van der Waals surface area contributed by atoms with E-state index in [4.69, 9.17) is 5.73 Å². The Hall–Kier alpha value is -1.62. The zero-order valence-corrected chi connectivity index (χ0v) is 12.4. The first-order valence-electron chi connectivity index (χ1n) is 6.52. The van der Waals surface area contributed by atoms with Crippen molar-refractivity contribution in [3.63, 3.8) is 0 Å². The van der Waals surface area contributed by atoms with Gasteiger partial charge >= 0.3 is 0 Å². The minimum absolute atomic E-state index is 0.280. The summed E-state index contributed by atoms with van der Waals surface area (Å²) < 4.78 is 0. The maximum absolute atomic E-state index is 5.89. The van der Waals surface area contributed by atoms with Gasteiger partial charge in [-0.2, -0.15) is 0 Å². The van der Waals surface area contributed by atoms with Crippen LogP contribution in [-0.2, 0) is 6.54 Å². The molecule has 0 aromatic carbocycles. The molecule has 2 aromatic heterocycles. The minimum atomic E-state index is 0.280. The Balaban J connectivity index is 2.27. The second kappa shape index (κ2) is 6.02. The Labute approximate surface area is 118 Å². The van der Waals surface area contributed by atoms with Gasteiger partial charge in [0.2, 0.25) is 0 Å². The molecule has 2 aromatic rings. The van der Waals surface area contributed by atoms with Gasteiger partial charge in [0, 0.05) is 23.4 Å². The van der Waals surface area contributed by atoms with Crippen LogP contribution in [0.4, 0.5) is 11.6 Å². The molecule has 5 heteroatoms. The number of thiophene rings is 1. The highest BCUT2D eigenvalue weighted by atomic mass is 32.1. The molecule has 19 heavy (non-hydrogen) atoms. The van der Waals surface area contributed by atoms with Crippen molar-refractivity contribution in [2.75, 3.05) is 17.2 Å². The Morgan fingerprint density at radius 2 is 2.16 bits per heavy atom. The molecular weight excluding hydrogens is 256 g/mol. The van der Waals surface area contributed by atoms with Crippen LogP contribution < -0.4 is 10.6 Å². The van der Waals surface area contributed by atoms with Crippen molar-refractivity contribution in [3.8, 4) is 0 Å². The van der Waals surface area contributed by atoms with E-state index in [1.807, 2.05) is 6.07 Å². The lowest BCUT2D eigenvalue weighted by atomic mass is 10.2. The average Bonchev–Trinajstić information content (AvgIpc) is 2.88. The third-order valence-electron chi connectivity index (χ3n) is 2.90. The van der Waals surface area contributed by atoms with Gasteiger partial charge in [-0.25, -0.2) is 9.97 Å². The molecule has 0 spiro atoms. The number of hydrogen-bond acceptors (Lipinski definition) is 5. The molecular formula is C14H20N4S. The molecule has 2 heterocycles. The van der Waals surface area contributed by atoms with Gasteiger partial charge in [-0.3, -0.25) is 0 Å². The predicted molar refractivity (Wildman–Crippen MR) is 81.6 cm³/mol. The van der Waals surface area contributed by atoms with E-state index in [2.05, 4.69) is 53.2 Å². The molecule has 0 atom stereocenters. The first-order chi connectivity index (χ1) is 9.10. The monoisotopic (exact) mass is 276 g/mol. The largest absolute Gasteiger partial charge is 0.384 e. The third-order valence-corrected chi connectivity index (χ3v) is 3.76. The maximum atomic E-state index is 5.89. The molecule has 0 aliphatic heterocycles. The predicted octanol–water partition coefficient (Wildman–Crippen LogP) is 3.27. The maximum Gasteiger partial charge on any atom is 0.135 e. The van der Waals surface area contributed by atoms with Crippen molar-refractivity contribution in [2.24, 2.45) is 0 Å². The van der Waals surface area contributed by atoms with Crippen molar-refractivity contribution in [2.45, 2.75) is 33.2 Å². The molecule has 2 rings (SSSR count). The fourth-order valence-electron chi connectivity index (χ4n) is 1.84. The second-order valence-corrected chi connectivity index (χ2v) is 5.79. The minimum Gasteiger partial charge on any atom is -0.384 e. The molecule has 0 fully saturated rings. The smallest absolute Gasteiger partial charge is 0.135 e. The summed E-state index contributed by atoms with van der Waals surface area (Å²) >= 11 is 1.76. The zero-order valence-electron chi connectivity index (χ0n) is 11.6. The number of rotatable bonds is 5. The summed E-state index contributed by atoms with van der Waals surface area (Å²) in [6, 6.07) is 6.06. The van der Waals surface area contributed by atoms with Gasteiger partial charge in [0.15, 0.2) is 0 Å². The number of nitrogens with zero attached hydrogens (tertiary/aromatic N) is 3. The van der Waals surface area contributed by atoms with Crippen LogP contribution in [0.25, 0.3) is 0 Å². The summed E-state index contributed by atoms with van der Waals surface area (Å²) in [6.07, 6.45) is 0. The highest BCUT2D eigenvalue weighted by molar-refractivity contribution is 7.09. The molecule has 0 radical (unpaired) electrons. The fraction of sp³-hybridized carbons (Fsp3) is 0.429. The van der Waals surface area contributed by atoms with Crippen LogP contribution in [0.2, 0.25) is 0 Å². The molecule has 0 unspecified atom stereocenters. The SMILES string of the molecule is CCN(Cc1cccs1)c1cc(N)nc(C(C)C)n1. The highest BCUT2D eigenvalue weighted by Crippen LogP contribution is 2.21. The Morgan fingerprint density at radius 1 is 1.37 bits per heavy atom. The standard InChI is InChI=1S/C14H20N4S/c1-4-18(9-11-6-5-7-19-11)13-8-12(15)16-14(17-13)10(2)3/h5-8,10H,4,9H2,1-3H3,(H2,15,16,17). The number of hydrogen-bond donors (Lipinski definition) is 1. The normalized spacial score (nSPS) is 10.9. The van der Waals surface area contributed by atoms with Gasteiger partial charge < -0.3 is 10.6 Å². The molecule has 0 bridgehead atoms. The van der Waals surface area contributed by atoms with Gasteiger partial charge in [0.25, 0.3) is 0 Å². The van der Waals surface area contributed by atoms with E-state index in [-0.39, 0.29) is 5.92 Å². The number of nitrogen functional groups attached to an aromatic ring is 1. The molecule has 0 aliphatic carbocycles. The van der Waals surface area contributed by atoms with Crippen LogP contribution in [-0.4, -0.2) is 16.5 Å². The van der Waals surface area contributed by atoms with Gasteiger partial charge in [-0.15, -0.1) is 11.3 Å². The summed E-state index contributed by atoms with van der Waals surface area (Å²) in [7, 11) is 0. The van der Waals surface area contributed by atoms with E-state index >= 15 is 0 Å². The van der Waals surface area contributed by atoms with Gasteiger partial charge in [-0.05, 0) is 18.4 Å². The summed E-state index contributed by atoms with van der Waals surface area (Å²) in [6.45, 7) is 8.04. The molecule has 2 N–H and O–H groups in total. The van der Waals surface area contributed by atoms with Crippen LogP contribution in [0.3, 0.4) is 0 Å². The van der Waals surface area contributed by atoms with Crippen molar-refractivity contribution in [1.82, 2.24) is 9.97 Å². The summed E-state index contributed by atoms with van der Waals surface area (Å²) in [5.74, 6) is 2.53. The molecule has 4 nitrogen and oxygen atoms in total. The Bertz CT molecular complexity index is 522. The first kappa shape index (κ1) is 13.8. The number of anilines is 2. The van der Waals surface area contributed by atoms with Gasteiger partial charge in [0.1, 0.15) is 17.5 Å². The molecule has 102 valence electrons. The Kier molecular flexibility index (Phi) is 4.37. The quantitative estimate of drug-likeness (QED) is 0.910. The van der Waals surface area contributed by atoms with Crippen molar-refractivity contribution in [1.29, 1.82) is 0 Å². The zero-order chi connectivity index (χ0) is 13.8. The summed E-state index contributed by atoms with van der Waals surface area (Å²) in [5.41, 5.74) is 5.89. The summed E-state index contributed by atoms with van der Waals surface area (Å²) in [5, 5.41) is 2.09. The fourth-order valence-corrected chi connectivity index (χ4v) is 2.56. The van der Waals surface area contributed by atoms with Crippen molar-refractivity contribution in [3.05, 3.63) is 34.3 Å². The average molecular weight is 276 g/mol. The van der Waals surface area contributed by atoms with E-state index in [0.717, 1.165) is 24.7 Å². The van der Waals surface area contributed by atoms with Crippen LogP contribution in [0.5, 0.6) is 0 Å². The summed E-state index contributed by atoms with van der Waals surface area (Å²) in [4.78, 5) is 12.5. The second-order valence-electron chi connectivity index (χ2n) is 4.76. The molecule has 0 saturated heterocycles. The van der Waals surface area contributed by atoms with E-state index in [0.29, 0.717) is 5.82 Å². The van der Waals surface area contributed by atoms with Crippen molar-refractivity contribution < 1.29 is 0 Å².